The molecule has 2 aliphatic heterocycles. The van der Waals surface area contributed by atoms with Gasteiger partial charge in [0.1, 0.15) is 6.61 Å². The minimum Gasteiger partial charge on any atom is -0.448 e. The summed E-state index contributed by atoms with van der Waals surface area (Å²) in [7, 11) is 0. The number of benzene rings is 1. The van der Waals surface area contributed by atoms with E-state index in [1.54, 1.807) is 4.90 Å². The number of amides is 2. The van der Waals surface area contributed by atoms with Gasteiger partial charge in [0.25, 0.3) is 5.91 Å². The average molecular weight is 367 g/mol. The molecule has 3 heterocycles. The van der Waals surface area contributed by atoms with Crippen molar-refractivity contribution in [2.75, 3.05) is 26.2 Å². The number of aryl methyl sites for hydroxylation is 3. The van der Waals surface area contributed by atoms with Crippen LogP contribution in [0.15, 0.2) is 18.2 Å². The first kappa shape index (κ1) is 17.8. The zero-order valence-corrected chi connectivity index (χ0v) is 16.1. The largest absolute Gasteiger partial charge is 0.448 e. The van der Waals surface area contributed by atoms with Crippen LogP contribution in [0.2, 0.25) is 0 Å². The van der Waals surface area contributed by atoms with Gasteiger partial charge in [0.05, 0.1) is 17.6 Å². The van der Waals surface area contributed by atoms with Crippen LogP contribution >= 0.6 is 0 Å². The van der Waals surface area contributed by atoms with Gasteiger partial charge in [-0.3, -0.25) is 9.78 Å². The predicted octanol–water partition coefficient (Wildman–Crippen LogP) is 3.22. The maximum absolute atomic E-state index is 13.2. The van der Waals surface area contributed by atoms with Crippen LogP contribution in [0, 0.1) is 20.8 Å². The van der Waals surface area contributed by atoms with Gasteiger partial charge in [0.15, 0.2) is 0 Å². The average Bonchev–Trinajstić information content (AvgIpc) is 3.10. The van der Waals surface area contributed by atoms with Gasteiger partial charge in [-0.25, -0.2) is 4.79 Å². The first-order chi connectivity index (χ1) is 13.0. The molecule has 6 nitrogen and oxygen atoms in total. The number of carbonyl (C=O) groups is 2. The molecule has 1 aromatic heterocycles. The molecule has 142 valence electrons. The van der Waals surface area contributed by atoms with E-state index < -0.39 is 0 Å². The molecular formula is C21H25N3O3. The van der Waals surface area contributed by atoms with Crippen LogP contribution in [0.5, 0.6) is 0 Å². The fourth-order valence-electron chi connectivity index (χ4n) is 4.12. The quantitative estimate of drug-likeness (QED) is 0.818. The number of piperidine rings is 1. The van der Waals surface area contributed by atoms with Crippen LogP contribution in [0.4, 0.5) is 4.79 Å². The molecule has 2 saturated heterocycles. The van der Waals surface area contributed by atoms with Crippen molar-refractivity contribution in [3.63, 3.8) is 0 Å². The van der Waals surface area contributed by atoms with E-state index in [2.05, 4.69) is 24.9 Å². The van der Waals surface area contributed by atoms with Crippen molar-refractivity contribution in [3.8, 4) is 0 Å². The van der Waals surface area contributed by atoms with Gasteiger partial charge in [0, 0.05) is 30.2 Å². The molecule has 4 rings (SSSR count). The Morgan fingerprint density at radius 3 is 2.56 bits per heavy atom. The second-order valence-electron chi connectivity index (χ2n) is 7.55. The van der Waals surface area contributed by atoms with Crippen LogP contribution < -0.4 is 0 Å². The fraction of sp³-hybridized carbons (Fsp3) is 0.476. The molecule has 0 bridgehead atoms. The lowest BCUT2D eigenvalue weighted by Gasteiger charge is -2.35. The van der Waals surface area contributed by atoms with E-state index in [1.807, 2.05) is 24.0 Å². The number of fused-ring (bicyclic) bond motifs is 1. The maximum atomic E-state index is 13.2. The van der Waals surface area contributed by atoms with E-state index in [9.17, 15) is 9.59 Å². The van der Waals surface area contributed by atoms with Crippen molar-refractivity contribution in [1.29, 1.82) is 0 Å². The van der Waals surface area contributed by atoms with Gasteiger partial charge in [0.2, 0.25) is 0 Å². The third-order valence-corrected chi connectivity index (χ3v) is 5.85. The number of aromatic nitrogens is 1. The molecule has 2 aliphatic rings. The van der Waals surface area contributed by atoms with Crippen molar-refractivity contribution in [2.45, 2.75) is 39.7 Å². The van der Waals surface area contributed by atoms with Crippen LogP contribution in [0.25, 0.3) is 10.9 Å². The molecular weight excluding hydrogens is 342 g/mol. The molecule has 1 aromatic carbocycles. The lowest BCUT2D eigenvalue weighted by atomic mass is 9.98. The monoisotopic (exact) mass is 367 g/mol. The van der Waals surface area contributed by atoms with Crippen molar-refractivity contribution < 1.29 is 14.3 Å². The molecule has 0 aliphatic carbocycles. The molecule has 27 heavy (non-hydrogen) atoms. The molecule has 0 spiro atoms. The number of nitrogens with zero attached hydrogens (tertiary/aromatic N) is 3. The highest BCUT2D eigenvalue weighted by molar-refractivity contribution is 6.07. The third-order valence-electron chi connectivity index (χ3n) is 5.85. The molecule has 2 fully saturated rings. The second kappa shape index (κ2) is 6.83. The number of rotatable bonds is 2. The van der Waals surface area contributed by atoms with E-state index in [0.29, 0.717) is 26.2 Å². The number of hydrogen-bond acceptors (Lipinski definition) is 4. The number of likely N-dealkylation sites (tertiary alicyclic amines) is 1. The van der Waals surface area contributed by atoms with Crippen molar-refractivity contribution in [1.82, 2.24) is 14.8 Å². The Hall–Kier alpha value is -2.63. The van der Waals surface area contributed by atoms with Crippen LogP contribution in [-0.2, 0) is 4.74 Å². The first-order valence-corrected chi connectivity index (χ1v) is 9.56. The Balaban J connectivity index is 1.57. The Morgan fingerprint density at radius 2 is 1.89 bits per heavy atom. The number of hydrogen-bond donors (Lipinski definition) is 0. The smallest absolute Gasteiger partial charge is 0.410 e. The summed E-state index contributed by atoms with van der Waals surface area (Å²) in [4.78, 5) is 33.4. The minimum atomic E-state index is -0.221. The zero-order chi connectivity index (χ0) is 19.1. The maximum Gasteiger partial charge on any atom is 0.410 e. The zero-order valence-electron chi connectivity index (χ0n) is 16.1. The summed E-state index contributed by atoms with van der Waals surface area (Å²) >= 11 is 0. The molecule has 0 saturated carbocycles. The van der Waals surface area contributed by atoms with Gasteiger partial charge < -0.3 is 14.5 Å². The highest BCUT2D eigenvalue weighted by atomic mass is 16.6. The number of ether oxygens (including phenoxy) is 1. The summed E-state index contributed by atoms with van der Waals surface area (Å²) in [5.41, 5.74) is 4.79. The van der Waals surface area contributed by atoms with Gasteiger partial charge in [-0.2, -0.15) is 0 Å². The third kappa shape index (κ3) is 3.13. The predicted molar refractivity (Wildman–Crippen MR) is 103 cm³/mol. The summed E-state index contributed by atoms with van der Waals surface area (Å²) in [6.45, 7) is 8.49. The fourth-order valence-corrected chi connectivity index (χ4v) is 4.12. The molecule has 2 amide bonds. The number of carbonyl (C=O) groups excluding carboxylic acids is 2. The topological polar surface area (TPSA) is 62.7 Å². The van der Waals surface area contributed by atoms with Crippen LogP contribution in [0.3, 0.4) is 0 Å². The van der Waals surface area contributed by atoms with E-state index in [-0.39, 0.29) is 18.0 Å². The molecule has 0 atom stereocenters. The standard InChI is InChI=1S/C21H25N3O3/c1-13-4-5-17-18(12-14(2)22-19(17)15(13)3)20(25)23-8-6-16(7-9-23)24-10-11-27-21(24)26/h4-5,12,16H,6-11H2,1-3H3. The lowest BCUT2D eigenvalue weighted by molar-refractivity contribution is 0.0660. The van der Waals surface area contributed by atoms with E-state index in [0.717, 1.165) is 40.6 Å². The molecule has 0 radical (unpaired) electrons. The summed E-state index contributed by atoms with van der Waals surface area (Å²) in [6.07, 6.45) is 1.36. The Labute approximate surface area is 159 Å². The summed E-state index contributed by atoms with van der Waals surface area (Å²) in [5.74, 6) is 0.0520. The number of pyridine rings is 1. The Morgan fingerprint density at radius 1 is 1.15 bits per heavy atom. The first-order valence-electron chi connectivity index (χ1n) is 9.56. The van der Waals surface area contributed by atoms with Gasteiger partial charge in [-0.05, 0) is 50.8 Å². The van der Waals surface area contributed by atoms with Crippen LogP contribution in [-0.4, -0.2) is 59.1 Å². The second-order valence-corrected chi connectivity index (χ2v) is 7.55. The van der Waals surface area contributed by atoms with E-state index in [4.69, 9.17) is 4.74 Å². The van der Waals surface area contributed by atoms with Crippen LogP contribution in [0.1, 0.15) is 40.0 Å². The van der Waals surface area contributed by atoms with Gasteiger partial charge in [-0.1, -0.05) is 12.1 Å². The van der Waals surface area contributed by atoms with Crippen molar-refractivity contribution in [2.24, 2.45) is 0 Å². The minimum absolute atomic E-state index is 0.0520. The van der Waals surface area contributed by atoms with Gasteiger partial charge >= 0.3 is 6.09 Å². The van der Waals surface area contributed by atoms with E-state index >= 15 is 0 Å². The van der Waals surface area contributed by atoms with E-state index in [1.165, 1.54) is 5.56 Å². The lowest BCUT2D eigenvalue weighted by Crippen LogP contribution is -2.47. The molecule has 0 unspecified atom stereocenters. The number of cyclic esters (lactones) is 1. The van der Waals surface area contributed by atoms with Crippen molar-refractivity contribution >= 4 is 22.9 Å². The summed E-state index contributed by atoms with van der Waals surface area (Å²) in [5, 5.41) is 0.916. The normalized spacial score (nSPS) is 18.3. The Bertz CT molecular complexity index is 917. The van der Waals surface area contributed by atoms with Crippen molar-refractivity contribution in [3.05, 3.63) is 40.6 Å². The summed E-state index contributed by atoms with van der Waals surface area (Å²) in [6, 6.07) is 6.12. The highest BCUT2D eigenvalue weighted by Crippen LogP contribution is 2.27. The Kier molecular flexibility index (Phi) is 4.50. The summed E-state index contributed by atoms with van der Waals surface area (Å²) < 4.78 is 5.04. The molecule has 2 aromatic rings. The molecule has 0 N–H and O–H groups in total. The SMILES string of the molecule is Cc1cc(C(=O)N2CCC(N3CCOC3=O)CC2)c2ccc(C)c(C)c2n1. The van der Waals surface area contributed by atoms with Gasteiger partial charge in [-0.15, -0.1) is 0 Å². The highest BCUT2D eigenvalue weighted by Gasteiger charge is 2.33. The molecule has 6 heteroatoms.